The molecule has 0 saturated carbocycles. The average Bonchev–Trinajstić information content (AvgIpc) is 3.34. The molecule has 0 saturated heterocycles. The van der Waals surface area contributed by atoms with Gasteiger partial charge in [0.1, 0.15) is 27.5 Å². The van der Waals surface area contributed by atoms with E-state index in [4.69, 9.17) is 9.47 Å². The van der Waals surface area contributed by atoms with Crippen LogP contribution in [0.4, 0.5) is 0 Å². The lowest BCUT2D eigenvalue weighted by Gasteiger charge is -2.15. The number of benzene rings is 6. The van der Waals surface area contributed by atoms with Gasteiger partial charge < -0.3 is 14.0 Å². The van der Waals surface area contributed by atoms with Crippen LogP contribution in [-0.2, 0) is 0 Å². The molecule has 0 unspecified atom stereocenters. The Morgan fingerprint density at radius 2 is 0.975 bits per heavy atom. The monoisotopic (exact) mass is 581 g/mol. The molecule has 192 valence electrons. The summed E-state index contributed by atoms with van der Waals surface area (Å²) >= 11 is 3.75. The summed E-state index contributed by atoms with van der Waals surface area (Å²) in [5.74, 6) is 2.88. The highest BCUT2D eigenvalue weighted by atomic mass is 79.9. The maximum absolute atomic E-state index is 6.34. The minimum absolute atomic E-state index is 0.682. The molecule has 0 atom stereocenters. The van der Waals surface area contributed by atoms with E-state index in [9.17, 15) is 0 Å². The van der Waals surface area contributed by atoms with E-state index in [1.54, 1.807) is 0 Å². The first-order valence-electron chi connectivity index (χ1n) is 13.1. The zero-order chi connectivity index (χ0) is 26.9. The fraction of sp³-hybridized carbons (Fsp3) is 0. The lowest BCUT2D eigenvalue weighted by Crippen LogP contribution is -1.93. The Kier molecular flexibility index (Phi) is 6.31. The topological polar surface area (TPSA) is 23.4 Å². The predicted molar refractivity (Wildman–Crippen MR) is 167 cm³/mol. The number of hydrogen-bond acceptors (Lipinski definition) is 2. The second-order valence-corrected chi connectivity index (χ2v) is 10.3. The second kappa shape index (κ2) is 10.4. The highest BCUT2D eigenvalue weighted by Gasteiger charge is 2.17. The Morgan fingerprint density at radius 3 is 1.60 bits per heavy atom. The molecule has 40 heavy (non-hydrogen) atoms. The number of nitrogens with zero attached hydrogens (tertiary/aromatic N) is 1. The fourth-order valence-electron chi connectivity index (χ4n) is 5.13. The highest BCUT2D eigenvalue weighted by Crippen LogP contribution is 2.44. The minimum Gasteiger partial charge on any atom is -0.456 e. The Hall–Kier alpha value is -4.80. The molecule has 4 heteroatoms. The van der Waals surface area contributed by atoms with Crippen LogP contribution < -0.4 is 9.47 Å². The standard InChI is InChI=1S/C36H24BrNO2/c37-36-34(39-28-14-6-2-7-15-28)23-26(24-35(36)40-29-16-8-3-9-17-29)25-20-21-33-31(22-25)30-18-10-11-19-32(30)38(33)27-12-4-1-5-13-27/h1-24H. The van der Waals surface area contributed by atoms with Crippen molar-refractivity contribution >= 4 is 37.7 Å². The second-order valence-electron chi connectivity index (χ2n) is 9.54. The van der Waals surface area contributed by atoms with Crippen molar-refractivity contribution < 1.29 is 9.47 Å². The van der Waals surface area contributed by atoms with Gasteiger partial charge in [-0.15, -0.1) is 0 Å². The van der Waals surface area contributed by atoms with Crippen molar-refractivity contribution in [2.24, 2.45) is 0 Å². The van der Waals surface area contributed by atoms with Gasteiger partial charge in [-0.25, -0.2) is 0 Å². The third kappa shape index (κ3) is 4.53. The summed E-state index contributed by atoms with van der Waals surface area (Å²) in [6, 6.07) is 49.4. The van der Waals surface area contributed by atoms with E-state index >= 15 is 0 Å². The predicted octanol–water partition coefficient (Wildman–Crippen LogP) is 10.8. The molecule has 7 aromatic rings. The van der Waals surface area contributed by atoms with Gasteiger partial charge in [0, 0.05) is 16.5 Å². The van der Waals surface area contributed by atoms with Gasteiger partial charge in [0.15, 0.2) is 0 Å². The van der Waals surface area contributed by atoms with E-state index in [-0.39, 0.29) is 0 Å². The fourth-order valence-corrected chi connectivity index (χ4v) is 5.52. The van der Waals surface area contributed by atoms with Crippen molar-refractivity contribution in [2.75, 3.05) is 0 Å². The van der Waals surface area contributed by atoms with E-state index in [1.165, 1.54) is 16.3 Å². The molecule has 0 aliphatic carbocycles. The zero-order valence-electron chi connectivity index (χ0n) is 21.5. The average molecular weight is 582 g/mol. The van der Waals surface area contributed by atoms with Crippen LogP contribution in [0.25, 0.3) is 38.6 Å². The minimum atomic E-state index is 0.682. The number of halogens is 1. The molecule has 0 bridgehead atoms. The summed E-state index contributed by atoms with van der Waals surface area (Å²) in [5, 5.41) is 2.40. The maximum Gasteiger partial charge on any atom is 0.146 e. The number of fused-ring (bicyclic) bond motifs is 3. The van der Waals surface area contributed by atoms with Crippen LogP contribution in [-0.4, -0.2) is 4.57 Å². The van der Waals surface area contributed by atoms with Gasteiger partial charge in [0.2, 0.25) is 0 Å². The van der Waals surface area contributed by atoms with Crippen molar-refractivity contribution in [3.8, 4) is 39.8 Å². The lowest BCUT2D eigenvalue weighted by atomic mass is 10.0. The maximum atomic E-state index is 6.34. The Balaban J connectivity index is 1.40. The van der Waals surface area contributed by atoms with Gasteiger partial charge in [-0.05, 0) is 93.8 Å². The van der Waals surface area contributed by atoms with Crippen LogP contribution in [0.2, 0.25) is 0 Å². The van der Waals surface area contributed by atoms with Crippen LogP contribution in [0.3, 0.4) is 0 Å². The molecule has 0 amide bonds. The summed E-state index contributed by atoms with van der Waals surface area (Å²) in [7, 11) is 0. The molecule has 0 radical (unpaired) electrons. The van der Waals surface area contributed by atoms with E-state index in [2.05, 4.69) is 99.4 Å². The van der Waals surface area contributed by atoms with Crippen molar-refractivity contribution in [1.29, 1.82) is 0 Å². The summed E-state index contributed by atoms with van der Waals surface area (Å²) in [6.07, 6.45) is 0. The normalized spacial score (nSPS) is 11.1. The van der Waals surface area contributed by atoms with Gasteiger partial charge in [0.25, 0.3) is 0 Å². The number of para-hydroxylation sites is 4. The molecule has 0 aliphatic rings. The Morgan fingerprint density at radius 1 is 0.450 bits per heavy atom. The molecular weight excluding hydrogens is 558 g/mol. The smallest absolute Gasteiger partial charge is 0.146 e. The van der Waals surface area contributed by atoms with Gasteiger partial charge in [-0.1, -0.05) is 78.9 Å². The summed E-state index contributed by atoms with van der Waals surface area (Å²) in [4.78, 5) is 0. The highest BCUT2D eigenvalue weighted by molar-refractivity contribution is 9.10. The van der Waals surface area contributed by atoms with E-state index < -0.39 is 0 Å². The lowest BCUT2D eigenvalue weighted by molar-refractivity contribution is 0.455. The van der Waals surface area contributed by atoms with Crippen molar-refractivity contribution in [2.45, 2.75) is 0 Å². The third-order valence-electron chi connectivity index (χ3n) is 6.97. The van der Waals surface area contributed by atoms with Gasteiger partial charge in [-0.3, -0.25) is 0 Å². The molecule has 0 N–H and O–H groups in total. The molecular formula is C36H24BrNO2. The van der Waals surface area contributed by atoms with Crippen molar-refractivity contribution in [3.05, 3.63) is 150 Å². The van der Waals surface area contributed by atoms with Crippen LogP contribution >= 0.6 is 15.9 Å². The molecule has 1 heterocycles. The zero-order valence-corrected chi connectivity index (χ0v) is 23.1. The quantitative estimate of drug-likeness (QED) is 0.195. The van der Waals surface area contributed by atoms with Crippen molar-refractivity contribution in [3.63, 3.8) is 0 Å². The molecule has 1 aromatic heterocycles. The first-order chi connectivity index (χ1) is 19.7. The first kappa shape index (κ1) is 24.3. The van der Waals surface area contributed by atoms with Crippen LogP contribution in [0.5, 0.6) is 23.0 Å². The van der Waals surface area contributed by atoms with Crippen LogP contribution in [0.15, 0.2) is 150 Å². The summed E-state index contributed by atoms with van der Waals surface area (Å²) in [5.41, 5.74) is 5.56. The summed E-state index contributed by atoms with van der Waals surface area (Å²) in [6.45, 7) is 0. The SMILES string of the molecule is Brc1c(Oc2ccccc2)cc(-c2ccc3c(c2)c2ccccc2n3-c2ccccc2)cc1Oc1ccccc1. The molecule has 3 nitrogen and oxygen atoms in total. The largest absolute Gasteiger partial charge is 0.456 e. The van der Waals surface area contributed by atoms with E-state index in [0.717, 1.165) is 38.3 Å². The van der Waals surface area contributed by atoms with Crippen molar-refractivity contribution in [1.82, 2.24) is 4.57 Å². The van der Waals surface area contributed by atoms with Gasteiger partial charge in [-0.2, -0.15) is 0 Å². The summed E-state index contributed by atoms with van der Waals surface area (Å²) < 4.78 is 15.8. The molecule has 7 rings (SSSR count). The first-order valence-corrected chi connectivity index (χ1v) is 13.9. The Labute approximate surface area is 241 Å². The van der Waals surface area contributed by atoms with E-state index in [0.29, 0.717) is 11.5 Å². The Bertz CT molecular complexity index is 1890. The molecule has 0 fully saturated rings. The van der Waals surface area contributed by atoms with Crippen LogP contribution in [0.1, 0.15) is 0 Å². The van der Waals surface area contributed by atoms with E-state index in [1.807, 2.05) is 66.7 Å². The van der Waals surface area contributed by atoms with Crippen LogP contribution in [0, 0.1) is 0 Å². The van der Waals surface area contributed by atoms with Gasteiger partial charge in [0.05, 0.1) is 11.0 Å². The number of aromatic nitrogens is 1. The number of rotatable bonds is 6. The number of ether oxygens (including phenoxy) is 2. The number of hydrogen-bond donors (Lipinski definition) is 0. The third-order valence-corrected chi connectivity index (χ3v) is 7.75. The molecule has 0 spiro atoms. The molecule has 0 aliphatic heterocycles. The van der Waals surface area contributed by atoms with Gasteiger partial charge >= 0.3 is 0 Å². The molecule has 6 aromatic carbocycles.